The van der Waals surface area contributed by atoms with E-state index in [1.54, 1.807) is 29.1 Å². The summed E-state index contributed by atoms with van der Waals surface area (Å²) < 4.78 is 0. The summed E-state index contributed by atoms with van der Waals surface area (Å²) in [6.45, 7) is 2.53. The second-order valence-corrected chi connectivity index (χ2v) is 6.56. The number of aromatic nitrogens is 2. The SMILES string of the molecule is CCN(C(=O)CCSC)c1sc(-c2cccnc2)nc1Cl. The minimum atomic E-state index is 0.0788. The van der Waals surface area contributed by atoms with E-state index in [2.05, 4.69) is 9.97 Å². The van der Waals surface area contributed by atoms with Crippen molar-refractivity contribution < 1.29 is 4.79 Å². The van der Waals surface area contributed by atoms with Gasteiger partial charge in [-0.05, 0) is 25.3 Å². The van der Waals surface area contributed by atoms with Crippen molar-refractivity contribution in [1.82, 2.24) is 9.97 Å². The van der Waals surface area contributed by atoms with Crippen LogP contribution < -0.4 is 4.90 Å². The van der Waals surface area contributed by atoms with Gasteiger partial charge in [-0.2, -0.15) is 11.8 Å². The number of rotatable bonds is 6. The van der Waals surface area contributed by atoms with Crippen LogP contribution in [0.3, 0.4) is 0 Å². The highest BCUT2D eigenvalue weighted by Crippen LogP contribution is 2.37. The molecule has 112 valence electrons. The number of hydrogen-bond donors (Lipinski definition) is 0. The van der Waals surface area contributed by atoms with E-state index in [-0.39, 0.29) is 5.91 Å². The van der Waals surface area contributed by atoms with E-state index < -0.39 is 0 Å². The van der Waals surface area contributed by atoms with Crippen LogP contribution in [0.5, 0.6) is 0 Å². The Morgan fingerprint density at radius 3 is 2.95 bits per heavy atom. The molecule has 0 aromatic carbocycles. The maximum absolute atomic E-state index is 12.3. The Hall–Kier alpha value is -1.11. The lowest BCUT2D eigenvalue weighted by atomic mass is 10.3. The van der Waals surface area contributed by atoms with Crippen molar-refractivity contribution in [2.75, 3.05) is 23.5 Å². The van der Waals surface area contributed by atoms with Crippen molar-refractivity contribution >= 4 is 45.6 Å². The Morgan fingerprint density at radius 1 is 1.52 bits per heavy atom. The van der Waals surface area contributed by atoms with Gasteiger partial charge in [-0.3, -0.25) is 9.78 Å². The molecule has 0 saturated carbocycles. The highest BCUT2D eigenvalue weighted by molar-refractivity contribution is 7.98. The summed E-state index contributed by atoms with van der Waals surface area (Å²) in [7, 11) is 0. The zero-order valence-electron chi connectivity index (χ0n) is 11.9. The van der Waals surface area contributed by atoms with Gasteiger partial charge in [-0.15, -0.1) is 0 Å². The Morgan fingerprint density at radius 2 is 2.33 bits per heavy atom. The number of halogens is 1. The lowest BCUT2D eigenvalue weighted by Crippen LogP contribution is -2.30. The van der Waals surface area contributed by atoms with Crippen molar-refractivity contribution in [3.63, 3.8) is 0 Å². The van der Waals surface area contributed by atoms with Gasteiger partial charge in [0, 0.05) is 36.7 Å². The lowest BCUT2D eigenvalue weighted by Gasteiger charge is -2.18. The summed E-state index contributed by atoms with van der Waals surface area (Å²) in [5, 5.41) is 1.86. The molecule has 0 saturated heterocycles. The largest absolute Gasteiger partial charge is 0.301 e. The second kappa shape index (κ2) is 7.77. The van der Waals surface area contributed by atoms with Gasteiger partial charge in [0.05, 0.1) is 0 Å². The van der Waals surface area contributed by atoms with E-state index in [4.69, 9.17) is 11.6 Å². The summed E-state index contributed by atoms with van der Waals surface area (Å²) in [5.74, 6) is 0.886. The van der Waals surface area contributed by atoms with Crippen molar-refractivity contribution in [2.45, 2.75) is 13.3 Å². The van der Waals surface area contributed by atoms with E-state index in [9.17, 15) is 4.79 Å². The number of pyridine rings is 1. The maximum Gasteiger partial charge on any atom is 0.228 e. The summed E-state index contributed by atoms with van der Waals surface area (Å²) >= 11 is 9.31. The van der Waals surface area contributed by atoms with Crippen LogP contribution in [0.4, 0.5) is 5.00 Å². The number of nitrogens with zero attached hydrogens (tertiary/aromatic N) is 3. The smallest absolute Gasteiger partial charge is 0.228 e. The van der Waals surface area contributed by atoms with Gasteiger partial charge in [0.2, 0.25) is 5.91 Å². The third kappa shape index (κ3) is 3.96. The fourth-order valence-electron chi connectivity index (χ4n) is 1.83. The van der Waals surface area contributed by atoms with Gasteiger partial charge in [0.15, 0.2) is 5.15 Å². The van der Waals surface area contributed by atoms with Crippen molar-refractivity contribution in [2.24, 2.45) is 0 Å². The lowest BCUT2D eigenvalue weighted by molar-refractivity contribution is -0.118. The Labute approximate surface area is 137 Å². The van der Waals surface area contributed by atoms with E-state index >= 15 is 0 Å². The molecule has 2 aromatic rings. The molecule has 1 amide bonds. The predicted molar refractivity (Wildman–Crippen MR) is 91.4 cm³/mol. The molecule has 0 radical (unpaired) electrons. The van der Waals surface area contributed by atoms with Crippen molar-refractivity contribution in [1.29, 1.82) is 0 Å². The Bertz CT molecular complexity index is 604. The number of carbonyl (C=O) groups is 1. The Balaban J connectivity index is 2.27. The molecule has 0 bridgehead atoms. The van der Waals surface area contributed by atoms with Gasteiger partial charge in [-0.1, -0.05) is 22.9 Å². The first-order valence-electron chi connectivity index (χ1n) is 6.53. The average molecular weight is 342 g/mol. The van der Waals surface area contributed by atoms with Crippen LogP contribution in [0.2, 0.25) is 5.15 Å². The highest BCUT2D eigenvalue weighted by atomic mass is 35.5. The minimum Gasteiger partial charge on any atom is -0.301 e. The van der Waals surface area contributed by atoms with E-state index in [1.165, 1.54) is 11.3 Å². The van der Waals surface area contributed by atoms with Crippen molar-refractivity contribution in [3.8, 4) is 10.6 Å². The molecular weight excluding hydrogens is 326 g/mol. The number of thiazole rings is 1. The van der Waals surface area contributed by atoms with E-state index in [0.717, 1.165) is 16.3 Å². The molecule has 21 heavy (non-hydrogen) atoms. The predicted octanol–water partition coefficient (Wildman–Crippen LogP) is 3.96. The quantitative estimate of drug-likeness (QED) is 0.797. The third-order valence-electron chi connectivity index (χ3n) is 2.86. The molecule has 4 nitrogen and oxygen atoms in total. The molecule has 2 aromatic heterocycles. The number of anilines is 1. The zero-order chi connectivity index (χ0) is 15.2. The van der Waals surface area contributed by atoms with Crippen LogP contribution in [0, 0.1) is 0 Å². The van der Waals surface area contributed by atoms with Gasteiger partial charge in [-0.25, -0.2) is 4.98 Å². The number of carbonyl (C=O) groups excluding carboxylic acids is 1. The molecule has 7 heteroatoms. The van der Waals surface area contributed by atoms with Crippen LogP contribution in [-0.2, 0) is 4.79 Å². The van der Waals surface area contributed by atoms with Crippen LogP contribution in [0.1, 0.15) is 13.3 Å². The summed E-state index contributed by atoms with van der Waals surface area (Å²) in [4.78, 5) is 22.4. The molecule has 2 heterocycles. The Kier molecular flexibility index (Phi) is 6.02. The zero-order valence-corrected chi connectivity index (χ0v) is 14.3. The van der Waals surface area contributed by atoms with Crippen LogP contribution >= 0.6 is 34.7 Å². The maximum atomic E-state index is 12.3. The molecule has 2 rings (SSSR count). The van der Waals surface area contributed by atoms with E-state index in [1.807, 2.05) is 25.3 Å². The van der Waals surface area contributed by atoms with Crippen LogP contribution in [0.25, 0.3) is 10.6 Å². The van der Waals surface area contributed by atoms with Crippen LogP contribution in [-0.4, -0.2) is 34.4 Å². The van der Waals surface area contributed by atoms with E-state index in [0.29, 0.717) is 23.1 Å². The molecule has 0 aliphatic heterocycles. The minimum absolute atomic E-state index is 0.0788. The fraction of sp³-hybridized carbons (Fsp3) is 0.357. The summed E-state index contributed by atoms with van der Waals surface area (Å²) in [5.41, 5.74) is 0.906. The fourth-order valence-corrected chi connectivity index (χ4v) is 3.59. The topological polar surface area (TPSA) is 46.1 Å². The first-order chi connectivity index (χ1) is 10.2. The van der Waals surface area contributed by atoms with Gasteiger partial charge < -0.3 is 4.90 Å². The number of hydrogen-bond acceptors (Lipinski definition) is 5. The normalized spacial score (nSPS) is 10.6. The molecule has 0 N–H and O–H groups in total. The monoisotopic (exact) mass is 341 g/mol. The van der Waals surface area contributed by atoms with Crippen molar-refractivity contribution in [3.05, 3.63) is 29.7 Å². The van der Waals surface area contributed by atoms with Gasteiger partial charge in [0.25, 0.3) is 0 Å². The first kappa shape index (κ1) is 16.3. The first-order valence-corrected chi connectivity index (χ1v) is 9.12. The molecule has 0 unspecified atom stereocenters. The standard InChI is InChI=1S/C14H16ClN3OS2/c1-3-18(11(19)6-8-20-2)14-12(15)17-13(21-14)10-5-4-7-16-9-10/h4-5,7,9H,3,6,8H2,1-2H3. The molecule has 0 aliphatic carbocycles. The molecule has 0 aliphatic rings. The molecular formula is C14H16ClN3OS2. The number of amides is 1. The highest BCUT2D eigenvalue weighted by Gasteiger charge is 2.21. The van der Waals surface area contributed by atoms with Gasteiger partial charge >= 0.3 is 0 Å². The summed E-state index contributed by atoms with van der Waals surface area (Å²) in [6, 6.07) is 3.78. The molecule has 0 spiro atoms. The molecule has 0 atom stereocenters. The molecule has 0 fully saturated rings. The van der Waals surface area contributed by atoms with Crippen LogP contribution in [0.15, 0.2) is 24.5 Å². The number of thioether (sulfide) groups is 1. The average Bonchev–Trinajstić information content (AvgIpc) is 2.89. The second-order valence-electron chi connectivity index (χ2n) is 4.24. The third-order valence-corrected chi connectivity index (χ3v) is 4.98. The summed E-state index contributed by atoms with van der Waals surface area (Å²) in [6.07, 6.45) is 5.95. The van der Waals surface area contributed by atoms with Gasteiger partial charge in [0.1, 0.15) is 10.0 Å².